The maximum atomic E-state index is 11.6. The van der Waals surface area contributed by atoms with Gasteiger partial charge in [-0.15, -0.1) is 0 Å². The van der Waals surface area contributed by atoms with E-state index in [2.05, 4.69) is 23.2 Å². The smallest absolute Gasteiger partial charge is 0.339 e. The van der Waals surface area contributed by atoms with Crippen LogP contribution in [0.4, 0.5) is 0 Å². The predicted octanol–water partition coefficient (Wildman–Crippen LogP) is 4.00. The molecule has 0 fully saturated rings. The molecule has 2 aromatic carbocycles. The number of carbonyl (C=O) groups is 1. The third kappa shape index (κ3) is 2.38. The van der Waals surface area contributed by atoms with Gasteiger partial charge in [-0.2, -0.15) is 0 Å². The fourth-order valence-corrected chi connectivity index (χ4v) is 2.49. The number of rotatable bonds is 2. The van der Waals surface area contributed by atoms with Crippen LogP contribution in [-0.4, -0.2) is 18.1 Å². The molecule has 1 heterocycles. The Balaban J connectivity index is 2.16. The summed E-state index contributed by atoms with van der Waals surface area (Å²) in [7, 11) is 1.38. The van der Waals surface area contributed by atoms with E-state index < -0.39 is 0 Å². The molecule has 0 amide bonds. The topological polar surface area (TPSA) is 39.2 Å². The minimum Gasteiger partial charge on any atom is -0.465 e. The monoisotopic (exact) mass is 277 g/mol. The van der Waals surface area contributed by atoms with Crippen molar-refractivity contribution in [1.29, 1.82) is 0 Å². The molecule has 0 bridgehead atoms. The van der Waals surface area contributed by atoms with Crippen molar-refractivity contribution in [2.24, 2.45) is 0 Å². The van der Waals surface area contributed by atoms with Crippen molar-refractivity contribution in [3.05, 3.63) is 65.9 Å². The molecule has 104 valence electrons. The summed E-state index contributed by atoms with van der Waals surface area (Å²) in [5.41, 5.74) is 3.10. The Morgan fingerprint density at radius 1 is 1.00 bits per heavy atom. The molecule has 0 saturated carbocycles. The first-order valence-electron chi connectivity index (χ1n) is 6.75. The van der Waals surface area contributed by atoms with Crippen molar-refractivity contribution in [3.63, 3.8) is 0 Å². The second kappa shape index (κ2) is 5.37. The first kappa shape index (κ1) is 13.3. The Morgan fingerprint density at radius 2 is 1.76 bits per heavy atom. The molecule has 0 aliphatic carbocycles. The number of aromatic nitrogens is 1. The van der Waals surface area contributed by atoms with Gasteiger partial charge in [-0.05, 0) is 29.8 Å². The third-order valence-corrected chi connectivity index (χ3v) is 3.56. The van der Waals surface area contributed by atoms with E-state index in [4.69, 9.17) is 4.74 Å². The van der Waals surface area contributed by atoms with Crippen molar-refractivity contribution < 1.29 is 9.53 Å². The van der Waals surface area contributed by atoms with Crippen LogP contribution in [0, 0.1) is 6.92 Å². The molecule has 0 spiro atoms. The zero-order valence-electron chi connectivity index (χ0n) is 12.0. The van der Waals surface area contributed by atoms with Gasteiger partial charge in [0.1, 0.15) is 0 Å². The average molecular weight is 277 g/mol. The van der Waals surface area contributed by atoms with E-state index in [-0.39, 0.29) is 5.97 Å². The molecule has 0 radical (unpaired) electrons. The van der Waals surface area contributed by atoms with Gasteiger partial charge < -0.3 is 4.74 Å². The number of nitrogens with zero attached hydrogens (tertiary/aromatic N) is 1. The molecule has 3 heteroatoms. The number of methoxy groups -OCH3 is 1. The number of aryl methyl sites for hydroxylation is 1. The largest absolute Gasteiger partial charge is 0.465 e. The van der Waals surface area contributed by atoms with Gasteiger partial charge in [0, 0.05) is 5.56 Å². The molecular weight excluding hydrogens is 262 g/mol. The van der Waals surface area contributed by atoms with Gasteiger partial charge in [-0.1, -0.05) is 42.5 Å². The fourth-order valence-electron chi connectivity index (χ4n) is 2.49. The molecule has 3 nitrogen and oxygen atoms in total. The lowest BCUT2D eigenvalue weighted by molar-refractivity contribution is 0.0599. The van der Waals surface area contributed by atoms with E-state index in [1.807, 2.05) is 37.3 Å². The summed E-state index contributed by atoms with van der Waals surface area (Å²) < 4.78 is 4.75. The Bertz CT molecular complexity index is 819. The third-order valence-electron chi connectivity index (χ3n) is 3.56. The van der Waals surface area contributed by atoms with Crippen molar-refractivity contribution in [1.82, 2.24) is 4.98 Å². The summed E-state index contributed by atoms with van der Waals surface area (Å²) >= 11 is 0. The number of pyridine rings is 1. The van der Waals surface area contributed by atoms with Crippen LogP contribution in [0.3, 0.4) is 0 Å². The van der Waals surface area contributed by atoms with E-state index in [9.17, 15) is 4.79 Å². The van der Waals surface area contributed by atoms with E-state index in [0.717, 1.165) is 16.6 Å². The minimum absolute atomic E-state index is 0.357. The average Bonchev–Trinajstić information content (AvgIpc) is 2.53. The van der Waals surface area contributed by atoms with Crippen molar-refractivity contribution in [2.45, 2.75) is 6.92 Å². The van der Waals surface area contributed by atoms with Gasteiger partial charge in [0.05, 0.1) is 24.1 Å². The van der Waals surface area contributed by atoms with Crippen LogP contribution in [0.25, 0.3) is 22.0 Å². The Kier molecular flexibility index (Phi) is 3.40. The van der Waals surface area contributed by atoms with E-state index in [1.165, 1.54) is 12.5 Å². The van der Waals surface area contributed by atoms with Crippen LogP contribution in [-0.2, 0) is 4.74 Å². The number of esters is 1. The summed E-state index contributed by atoms with van der Waals surface area (Å²) in [6.45, 7) is 1.82. The van der Waals surface area contributed by atoms with Crippen molar-refractivity contribution >= 4 is 16.7 Å². The number of benzene rings is 2. The van der Waals surface area contributed by atoms with Crippen LogP contribution in [0.5, 0.6) is 0 Å². The first-order valence-corrected chi connectivity index (χ1v) is 6.75. The Labute approximate surface area is 123 Å². The van der Waals surface area contributed by atoms with Gasteiger partial charge in [0.25, 0.3) is 0 Å². The van der Waals surface area contributed by atoms with Crippen LogP contribution in [0.1, 0.15) is 16.1 Å². The van der Waals surface area contributed by atoms with Crippen LogP contribution in [0.15, 0.2) is 54.6 Å². The van der Waals surface area contributed by atoms with Gasteiger partial charge in [-0.3, -0.25) is 4.98 Å². The number of carbonyl (C=O) groups excluding carboxylic acids is 1. The standard InChI is InChI=1S/C18H15NO2/c1-12-14(18(20)21-2)10-11-17(19-12)16-9-5-7-13-6-3-4-8-15(13)16/h3-11H,1-2H3. The quantitative estimate of drug-likeness (QED) is 0.665. The van der Waals surface area contributed by atoms with Gasteiger partial charge in [0.15, 0.2) is 0 Å². The number of hydrogen-bond acceptors (Lipinski definition) is 3. The lowest BCUT2D eigenvalue weighted by Gasteiger charge is -2.09. The van der Waals surface area contributed by atoms with Crippen LogP contribution in [0.2, 0.25) is 0 Å². The molecular formula is C18H15NO2. The molecule has 0 saturated heterocycles. The predicted molar refractivity (Wildman–Crippen MR) is 83.3 cm³/mol. The maximum absolute atomic E-state index is 11.6. The highest BCUT2D eigenvalue weighted by molar-refractivity contribution is 5.96. The molecule has 3 aromatic rings. The maximum Gasteiger partial charge on any atom is 0.339 e. The SMILES string of the molecule is COC(=O)c1ccc(-c2cccc3ccccc23)nc1C. The number of hydrogen-bond donors (Lipinski definition) is 0. The van der Waals surface area contributed by atoms with Gasteiger partial charge in [0.2, 0.25) is 0 Å². The zero-order valence-corrected chi connectivity index (χ0v) is 12.0. The lowest BCUT2D eigenvalue weighted by Crippen LogP contribution is -2.05. The number of fused-ring (bicyclic) bond motifs is 1. The number of ether oxygens (including phenoxy) is 1. The van der Waals surface area contributed by atoms with Crippen LogP contribution < -0.4 is 0 Å². The molecule has 21 heavy (non-hydrogen) atoms. The normalized spacial score (nSPS) is 10.6. The second-order valence-corrected chi connectivity index (χ2v) is 4.85. The molecule has 0 atom stereocenters. The van der Waals surface area contributed by atoms with Crippen LogP contribution >= 0.6 is 0 Å². The van der Waals surface area contributed by atoms with Crippen molar-refractivity contribution in [2.75, 3.05) is 7.11 Å². The van der Waals surface area contributed by atoms with E-state index in [1.54, 1.807) is 6.07 Å². The highest BCUT2D eigenvalue weighted by atomic mass is 16.5. The summed E-state index contributed by atoms with van der Waals surface area (Å²) in [5, 5.41) is 2.32. The Hall–Kier alpha value is -2.68. The zero-order chi connectivity index (χ0) is 14.8. The summed E-state index contributed by atoms with van der Waals surface area (Å²) in [5.74, 6) is -0.357. The van der Waals surface area contributed by atoms with E-state index >= 15 is 0 Å². The second-order valence-electron chi connectivity index (χ2n) is 4.85. The molecule has 0 aliphatic heterocycles. The molecule has 3 rings (SSSR count). The van der Waals surface area contributed by atoms with Gasteiger partial charge in [-0.25, -0.2) is 4.79 Å². The lowest BCUT2D eigenvalue weighted by atomic mass is 10.0. The Morgan fingerprint density at radius 3 is 2.52 bits per heavy atom. The highest BCUT2D eigenvalue weighted by Gasteiger charge is 2.12. The minimum atomic E-state index is -0.357. The molecule has 0 aliphatic rings. The highest BCUT2D eigenvalue weighted by Crippen LogP contribution is 2.27. The van der Waals surface area contributed by atoms with Crippen molar-refractivity contribution in [3.8, 4) is 11.3 Å². The molecule has 1 aromatic heterocycles. The fraction of sp³-hybridized carbons (Fsp3) is 0.111. The molecule has 0 unspecified atom stereocenters. The summed E-state index contributed by atoms with van der Waals surface area (Å²) in [4.78, 5) is 16.2. The summed E-state index contributed by atoms with van der Waals surface area (Å²) in [6, 6.07) is 18.0. The van der Waals surface area contributed by atoms with Gasteiger partial charge >= 0.3 is 5.97 Å². The summed E-state index contributed by atoms with van der Waals surface area (Å²) in [6.07, 6.45) is 0. The van der Waals surface area contributed by atoms with E-state index in [0.29, 0.717) is 11.3 Å². The molecule has 0 N–H and O–H groups in total. The first-order chi connectivity index (χ1) is 10.2.